The molecular weight excluding hydrogens is 198 g/mol. The van der Waals surface area contributed by atoms with Crippen LogP contribution < -0.4 is 5.32 Å². The quantitative estimate of drug-likeness (QED) is 0.722. The predicted molar refractivity (Wildman–Crippen MR) is 67.4 cm³/mol. The molecule has 0 saturated heterocycles. The van der Waals surface area contributed by atoms with Crippen molar-refractivity contribution in [3.8, 4) is 0 Å². The van der Waals surface area contributed by atoms with Gasteiger partial charge in [0.05, 0.1) is 0 Å². The molecule has 1 aromatic rings. The molecule has 16 heavy (non-hydrogen) atoms. The summed E-state index contributed by atoms with van der Waals surface area (Å²) in [5, 5.41) is 3.45. The molecule has 0 fully saturated rings. The molecule has 1 unspecified atom stereocenters. The lowest BCUT2D eigenvalue weighted by Gasteiger charge is -2.28. The second-order valence-electron chi connectivity index (χ2n) is 4.92. The Morgan fingerprint density at radius 3 is 2.19 bits per heavy atom. The fourth-order valence-corrected chi connectivity index (χ4v) is 2.52. The molecule has 1 heterocycles. The number of ketones is 1. The smallest absolute Gasteiger partial charge is 0.167 e. The first kappa shape index (κ1) is 11.2. The minimum atomic E-state index is 0.250. The van der Waals surface area contributed by atoms with Gasteiger partial charge < -0.3 is 5.32 Å². The van der Waals surface area contributed by atoms with Gasteiger partial charge in [0.1, 0.15) is 0 Å². The fraction of sp³-hybridized carbons (Fsp3) is 0.500. The predicted octanol–water partition coefficient (Wildman–Crippen LogP) is 3.31. The highest BCUT2D eigenvalue weighted by Crippen LogP contribution is 2.35. The molecule has 2 nitrogen and oxygen atoms in total. The van der Waals surface area contributed by atoms with E-state index in [0.29, 0.717) is 6.42 Å². The molecule has 0 spiro atoms. The monoisotopic (exact) mass is 217 g/mol. The van der Waals surface area contributed by atoms with Gasteiger partial charge in [0.2, 0.25) is 0 Å². The van der Waals surface area contributed by atoms with Gasteiger partial charge in [-0.3, -0.25) is 4.79 Å². The highest BCUT2D eigenvalue weighted by molar-refractivity contribution is 6.06. The normalized spacial score (nSPS) is 19.3. The molecule has 0 saturated carbocycles. The first-order valence-electron chi connectivity index (χ1n) is 5.83. The number of anilines is 1. The third-order valence-electron chi connectivity index (χ3n) is 3.85. The van der Waals surface area contributed by atoms with Crippen LogP contribution in [0.25, 0.3) is 0 Å². The van der Waals surface area contributed by atoms with E-state index >= 15 is 0 Å². The van der Waals surface area contributed by atoms with Crippen LogP contribution >= 0.6 is 0 Å². The first-order chi connectivity index (χ1) is 7.43. The van der Waals surface area contributed by atoms with Crippen molar-refractivity contribution in [2.24, 2.45) is 0 Å². The van der Waals surface area contributed by atoms with Crippen LogP contribution in [0.4, 0.5) is 5.69 Å². The van der Waals surface area contributed by atoms with Gasteiger partial charge in [-0.25, -0.2) is 0 Å². The van der Waals surface area contributed by atoms with E-state index in [1.807, 2.05) is 0 Å². The molecule has 0 amide bonds. The van der Waals surface area contributed by atoms with Gasteiger partial charge >= 0.3 is 0 Å². The molecule has 1 N–H and O–H groups in total. The third-order valence-corrected chi connectivity index (χ3v) is 3.85. The minimum Gasteiger partial charge on any atom is -0.381 e. The lowest BCUT2D eigenvalue weighted by atomic mass is 9.86. The zero-order chi connectivity index (χ0) is 12.0. The summed E-state index contributed by atoms with van der Waals surface area (Å²) < 4.78 is 0. The summed E-state index contributed by atoms with van der Waals surface area (Å²) in [6.07, 6.45) is 0.607. The van der Waals surface area contributed by atoms with E-state index in [-0.39, 0.29) is 11.8 Å². The number of Topliss-reactive ketones (excluding diaryl/α,β-unsaturated/α-hetero) is 1. The van der Waals surface area contributed by atoms with Crippen LogP contribution in [0.1, 0.15) is 46.0 Å². The van der Waals surface area contributed by atoms with Crippen molar-refractivity contribution in [1.29, 1.82) is 0 Å². The maximum Gasteiger partial charge on any atom is 0.167 e. The number of rotatable bonds is 0. The van der Waals surface area contributed by atoms with Crippen LogP contribution in [0.15, 0.2) is 0 Å². The fourth-order valence-electron chi connectivity index (χ4n) is 2.52. The largest absolute Gasteiger partial charge is 0.381 e. The maximum absolute atomic E-state index is 12.1. The number of fused-ring (bicyclic) bond motifs is 1. The Bertz CT molecular complexity index is 474. The van der Waals surface area contributed by atoms with Crippen LogP contribution in [0.5, 0.6) is 0 Å². The van der Waals surface area contributed by atoms with Crippen LogP contribution in [0, 0.1) is 27.7 Å². The second kappa shape index (κ2) is 3.62. The number of nitrogens with one attached hydrogen (secondary N) is 1. The van der Waals surface area contributed by atoms with Gasteiger partial charge in [0, 0.05) is 23.7 Å². The average molecular weight is 217 g/mol. The average Bonchev–Trinajstić information content (AvgIpc) is 2.22. The van der Waals surface area contributed by atoms with Gasteiger partial charge in [0.25, 0.3) is 0 Å². The summed E-state index contributed by atoms with van der Waals surface area (Å²) in [4.78, 5) is 12.1. The summed E-state index contributed by atoms with van der Waals surface area (Å²) in [7, 11) is 0. The van der Waals surface area contributed by atoms with Crippen molar-refractivity contribution in [3.63, 3.8) is 0 Å². The number of carbonyl (C=O) groups excluding carboxylic acids is 1. The Morgan fingerprint density at radius 2 is 1.56 bits per heavy atom. The van der Waals surface area contributed by atoms with Crippen LogP contribution in [-0.4, -0.2) is 11.8 Å². The molecule has 1 aliphatic heterocycles. The van der Waals surface area contributed by atoms with E-state index < -0.39 is 0 Å². The molecule has 0 aliphatic carbocycles. The molecule has 1 aliphatic rings. The SMILES string of the molecule is Cc1c(C)c(C)c2c(c1C)NC(C)CC2=O. The van der Waals surface area contributed by atoms with E-state index in [0.717, 1.165) is 16.8 Å². The molecule has 1 aromatic carbocycles. The highest BCUT2D eigenvalue weighted by Gasteiger charge is 2.26. The molecule has 86 valence electrons. The van der Waals surface area contributed by atoms with E-state index in [1.54, 1.807) is 0 Å². The molecule has 1 atom stereocenters. The Morgan fingerprint density at radius 1 is 1.00 bits per heavy atom. The summed E-state index contributed by atoms with van der Waals surface area (Å²) in [5.41, 5.74) is 6.88. The highest BCUT2D eigenvalue weighted by atomic mass is 16.1. The lowest BCUT2D eigenvalue weighted by molar-refractivity contribution is 0.0974. The van der Waals surface area contributed by atoms with E-state index in [1.165, 1.54) is 16.7 Å². The Labute approximate surface area is 97.1 Å². The zero-order valence-corrected chi connectivity index (χ0v) is 10.7. The van der Waals surface area contributed by atoms with Gasteiger partial charge in [-0.1, -0.05) is 0 Å². The Balaban J connectivity index is 2.76. The first-order valence-corrected chi connectivity index (χ1v) is 5.83. The third kappa shape index (κ3) is 1.44. The Kier molecular flexibility index (Phi) is 2.53. The molecule has 2 heteroatoms. The van der Waals surface area contributed by atoms with Crippen molar-refractivity contribution in [1.82, 2.24) is 0 Å². The van der Waals surface area contributed by atoms with Crippen molar-refractivity contribution < 1.29 is 4.79 Å². The van der Waals surface area contributed by atoms with Gasteiger partial charge in [-0.15, -0.1) is 0 Å². The van der Waals surface area contributed by atoms with Crippen molar-refractivity contribution in [2.45, 2.75) is 47.1 Å². The lowest BCUT2D eigenvalue weighted by Crippen LogP contribution is -2.28. The van der Waals surface area contributed by atoms with Crippen molar-refractivity contribution >= 4 is 11.5 Å². The molecule has 0 radical (unpaired) electrons. The van der Waals surface area contributed by atoms with Crippen molar-refractivity contribution in [3.05, 3.63) is 27.8 Å². The number of carbonyl (C=O) groups is 1. The van der Waals surface area contributed by atoms with E-state index in [4.69, 9.17) is 0 Å². The van der Waals surface area contributed by atoms with E-state index in [9.17, 15) is 4.79 Å². The molecule has 0 aromatic heterocycles. The number of hydrogen-bond acceptors (Lipinski definition) is 2. The molecular formula is C14H19NO. The van der Waals surface area contributed by atoms with Crippen LogP contribution in [0.2, 0.25) is 0 Å². The maximum atomic E-state index is 12.1. The van der Waals surface area contributed by atoms with Gasteiger partial charge in [0.15, 0.2) is 5.78 Å². The van der Waals surface area contributed by atoms with Crippen LogP contribution in [0.3, 0.4) is 0 Å². The van der Waals surface area contributed by atoms with Gasteiger partial charge in [-0.2, -0.15) is 0 Å². The zero-order valence-electron chi connectivity index (χ0n) is 10.7. The second-order valence-corrected chi connectivity index (χ2v) is 4.92. The summed E-state index contributed by atoms with van der Waals surface area (Å²) >= 11 is 0. The van der Waals surface area contributed by atoms with Crippen molar-refractivity contribution in [2.75, 3.05) is 5.32 Å². The summed E-state index contributed by atoms with van der Waals surface area (Å²) in [6, 6.07) is 0.250. The topological polar surface area (TPSA) is 29.1 Å². The molecule has 2 rings (SSSR count). The Hall–Kier alpha value is -1.31. The standard InChI is InChI=1S/C14H19NO/c1-7-6-12(16)13-10(4)8(2)9(3)11(5)14(13)15-7/h7,15H,6H2,1-5H3. The number of hydrogen-bond donors (Lipinski definition) is 1. The van der Waals surface area contributed by atoms with Gasteiger partial charge in [-0.05, 0) is 56.9 Å². The minimum absolute atomic E-state index is 0.250. The molecule has 0 bridgehead atoms. The van der Waals surface area contributed by atoms with Crippen LogP contribution in [-0.2, 0) is 0 Å². The summed E-state index contributed by atoms with van der Waals surface area (Å²) in [5.74, 6) is 0.282. The summed E-state index contributed by atoms with van der Waals surface area (Å²) in [6.45, 7) is 10.4. The van der Waals surface area contributed by atoms with E-state index in [2.05, 4.69) is 39.9 Å². The number of benzene rings is 1.